The molecular weight excluding hydrogens is 168 g/mol. The van der Waals surface area contributed by atoms with Crippen LogP contribution in [0.3, 0.4) is 0 Å². The summed E-state index contributed by atoms with van der Waals surface area (Å²) in [4.78, 5) is 0. The Morgan fingerprint density at radius 1 is 1.36 bits per heavy atom. The maximum Gasteiger partial charge on any atom is -0.00435 e. The van der Waals surface area contributed by atoms with Gasteiger partial charge in [0.05, 0.1) is 0 Å². The Morgan fingerprint density at radius 2 is 2.14 bits per heavy atom. The fraction of sp³-hybridized carbons (Fsp3) is 0.429. The highest BCUT2D eigenvalue weighted by atomic mass is 14.6. The van der Waals surface area contributed by atoms with Crippen LogP contribution in [0.2, 0.25) is 0 Å². The molecule has 0 spiro atoms. The van der Waals surface area contributed by atoms with Crippen molar-refractivity contribution >= 4 is 6.08 Å². The Balaban J connectivity index is 2.05. The maximum absolute atomic E-state index is 2.42. The lowest BCUT2D eigenvalue weighted by Gasteiger charge is -2.08. The second-order valence-corrected chi connectivity index (χ2v) is 4.83. The Bertz CT molecular complexity index is 414. The molecule has 0 saturated heterocycles. The highest BCUT2D eigenvalue weighted by Crippen LogP contribution is 2.64. The molecule has 2 aliphatic carbocycles. The molecule has 1 saturated carbocycles. The number of allylic oxidation sites excluding steroid dienone is 1. The fourth-order valence-electron chi connectivity index (χ4n) is 2.90. The first kappa shape index (κ1) is 8.28. The van der Waals surface area contributed by atoms with Gasteiger partial charge in [-0.05, 0) is 35.3 Å². The van der Waals surface area contributed by atoms with Crippen LogP contribution in [0.25, 0.3) is 6.08 Å². The van der Waals surface area contributed by atoms with Gasteiger partial charge in [0.15, 0.2) is 0 Å². The summed E-state index contributed by atoms with van der Waals surface area (Å²) in [6, 6.07) is 8.81. The zero-order valence-corrected chi connectivity index (χ0v) is 8.88. The molecule has 72 valence electrons. The summed E-state index contributed by atoms with van der Waals surface area (Å²) in [5.41, 5.74) is 5.21. The summed E-state index contributed by atoms with van der Waals surface area (Å²) in [6.45, 7) is 4.72. The lowest BCUT2D eigenvalue weighted by atomic mass is 9.96. The molecule has 0 heterocycles. The van der Waals surface area contributed by atoms with Crippen molar-refractivity contribution < 1.29 is 0 Å². The number of benzene rings is 1. The summed E-state index contributed by atoms with van der Waals surface area (Å²) in [5.74, 6) is 0.849. The van der Waals surface area contributed by atoms with E-state index in [1.165, 1.54) is 18.4 Å². The molecular formula is C14H16. The second-order valence-electron chi connectivity index (χ2n) is 4.83. The monoisotopic (exact) mass is 184 g/mol. The summed E-state index contributed by atoms with van der Waals surface area (Å²) >= 11 is 0. The highest BCUT2D eigenvalue weighted by Gasteiger charge is 2.55. The molecule has 0 heteroatoms. The molecule has 0 N–H and O–H groups in total. The molecule has 2 atom stereocenters. The highest BCUT2D eigenvalue weighted by molar-refractivity contribution is 5.68. The summed E-state index contributed by atoms with van der Waals surface area (Å²) in [5, 5.41) is 0. The third kappa shape index (κ3) is 0.890. The van der Waals surface area contributed by atoms with Crippen molar-refractivity contribution in [3.63, 3.8) is 0 Å². The molecule has 2 unspecified atom stereocenters. The SMILES string of the molecule is CCC1(C)C2=Cc3ccccc3CC21. The molecule has 0 nitrogen and oxygen atoms in total. The molecule has 0 amide bonds. The molecule has 3 rings (SSSR count). The van der Waals surface area contributed by atoms with Gasteiger partial charge in [-0.3, -0.25) is 0 Å². The van der Waals surface area contributed by atoms with Gasteiger partial charge >= 0.3 is 0 Å². The molecule has 1 fully saturated rings. The second kappa shape index (κ2) is 2.50. The van der Waals surface area contributed by atoms with Crippen LogP contribution in [0.5, 0.6) is 0 Å². The number of rotatable bonds is 1. The van der Waals surface area contributed by atoms with E-state index < -0.39 is 0 Å². The first-order valence-corrected chi connectivity index (χ1v) is 5.55. The van der Waals surface area contributed by atoms with E-state index in [2.05, 4.69) is 44.2 Å². The van der Waals surface area contributed by atoms with Gasteiger partial charge in [0.25, 0.3) is 0 Å². The van der Waals surface area contributed by atoms with Crippen LogP contribution >= 0.6 is 0 Å². The lowest BCUT2D eigenvalue weighted by Crippen LogP contribution is -1.99. The van der Waals surface area contributed by atoms with E-state index in [1.807, 2.05) is 0 Å². The predicted molar refractivity (Wildman–Crippen MR) is 60.0 cm³/mol. The van der Waals surface area contributed by atoms with Gasteiger partial charge < -0.3 is 0 Å². The molecule has 0 radical (unpaired) electrons. The van der Waals surface area contributed by atoms with E-state index in [4.69, 9.17) is 0 Å². The molecule has 1 aromatic carbocycles. The van der Waals surface area contributed by atoms with Crippen LogP contribution in [-0.2, 0) is 6.42 Å². The van der Waals surface area contributed by atoms with Gasteiger partial charge in [-0.2, -0.15) is 0 Å². The third-order valence-electron chi connectivity index (χ3n) is 4.25. The predicted octanol–water partition coefficient (Wildman–Crippen LogP) is 3.67. The number of hydrogen-bond donors (Lipinski definition) is 0. The molecule has 0 aromatic heterocycles. The molecule has 0 bridgehead atoms. The van der Waals surface area contributed by atoms with Gasteiger partial charge in [0.1, 0.15) is 0 Å². The Morgan fingerprint density at radius 3 is 2.93 bits per heavy atom. The Hall–Kier alpha value is -1.04. The van der Waals surface area contributed by atoms with E-state index in [9.17, 15) is 0 Å². The van der Waals surface area contributed by atoms with E-state index in [-0.39, 0.29) is 0 Å². The van der Waals surface area contributed by atoms with Crippen LogP contribution in [0.1, 0.15) is 31.4 Å². The van der Waals surface area contributed by atoms with Crippen LogP contribution in [0, 0.1) is 11.3 Å². The van der Waals surface area contributed by atoms with Crippen molar-refractivity contribution in [2.45, 2.75) is 26.7 Å². The van der Waals surface area contributed by atoms with Gasteiger partial charge in [0.2, 0.25) is 0 Å². The quantitative estimate of drug-likeness (QED) is 0.624. The topological polar surface area (TPSA) is 0 Å². The number of hydrogen-bond acceptors (Lipinski definition) is 0. The van der Waals surface area contributed by atoms with E-state index in [0.29, 0.717) is 5.41 Å². The van der Waals surface area contributed by atoms with Crippen LogP contribution in [0.15, 0.2) is 29.8 Å². The van der Waals surface area contributed by atoms with Crippen molar-refractivity contribution in [1.29, 1.82) is 0 Å². The summed E-state index contributed by atoms with van der Waals surface area (Å²) < 4.78 is 0. The van der Waals surface area contributed by atoms with Crippen molar-refractivity contribution in [2.75, 3.05) is 0 Å². The standard InChI is InChI=1S/C14H16/c1-3-14(2)12-8-10-6-4-5-7-11(10)9-13(12)14/h4-8,13H,3,9H2,1-2H3. The largest absolute Gasteiger partial charge is 0.0645 e. The molecule has 0 aliphatic heterocycles. The average molecular weight is 184 g/mol. The van der Waals surface area contributed by atoms with Crippen molar-refractivity contribution in [2.24, 2.45) is 11.3 Å². The Labute approximate surface area is 85.6 Å². The van der Waals surface area contributed by atoms with E-state index in [0.717, 1.165) is 5.92 Å². The van der Waals surface area contributed by atoms with E-state index >= 15 is 0 Å². The molecule has 2 aliphatic rings. The van der Waals surface area contributed by atoms with Gasteiger partial charge in [-0.1, -0.05) is 49.8 Å². The van der Waals surface area contributed by atoms with Crippen molar-refractivity contribution in [3.8, 4) is 0 Å². The summed E-state index contributed by atoms with van der Waals surface area (Å²) in [7, 11) is 0. The van der Waals surface area contributed by atoms with Gasteiger partial charge in [-0.15, -0.1) is 0 Å². The lowest BCUT2D eigenvalue weighted by molar-refractivity contribution is 0.492. The minimum absolute atomic E-state index is 0.527. The third-order valence-corrected chi connectivity index (χ3v) is 4.25. The maximum atomic E-state index is 2.42. The minimum Gasteiger partial charge on any atom is -0.0645 e. The zero-order valence-electron chi connectivity index (χ0n) is 8.88. The van der Waals surface area contributed by atoms with Crippen LogP contribution < -0.4 is 0 Å². The zero-order chi connectivity index (χ0) is 9.76. The average Bonchev–Trinajstić information content (AvgIpc) is 2.82. The molecule has 1 aromatic rings. The van der Waals surface area contributed by atoms with E-state index in [1.54, 1.807) is 11.1 Å². The summed E-state index contributed by atoms with van der Waals surface area (Å²) in [6.07, 6.45) is 4.98. The van der Waals surface area contributed by atoms with Crippen LogP contribution in [0.4, 0.5) is 0 Å². The first-order chi connectivity index (χ1) is 6.75. The smallest absolute Gasteiger partial charge is 0.00435 e. The van der Waals surface area contributed by atoms with Gasteiger partial charge in [0, 0.05) is 0 Å². The molecule has 14 heavy (non-hydrogen) atoms. The van der Waals surface area contributed by atoms with Crippen LogP contribution in [-0.4, -0.2) is 0 Å². The number of fused-ring (bicyclic) bond motifs is 2. The van der Waals surface area contributed by atoms with Crippen molar-refractivity contribution in [3.05, 3.63) is 41.0 Å². The van der Waals surface area contributed by atoms with Crippen molar-refractivity contribution in [1.82, 2.24) is 0 Å². The Kier molecular flexibility index (Phi) is 1.48. The minimum atomic E-state index is 0.527. The first-order valence-electron chi connectivity index (χ1n) is 5.55. The normalized spacial score (nSPS) is 33.0. The fourth-order valence-corrected chi connectivity index (χ4v) is 2.90. The van der Waals surface area contributed by atoms with Gasteiger partial charge in [-0.25, -0.2) is 0 Å².